The molecule has 9 heteroatoms. The van der Waals surface area contributed by atoms with Crippen molar-refractivity contribution in [2.45, 2.75) is 63.7 Å². The van der Waals surface area contributed by atoms with E-state index in [1.54, 1.807) is 13.8 Å². The largest absolute Gasteiger partial charge is 0.475 e. The molecule has 2 atom stereocenters. The van der Waals surface area contributed by atoms with Gasteiger partial charge in [0.1, 0.15) is 6.04 Å². The topological polar surface area (TPSA) is 72.8 Å². The third-order valence-electron chi connectivity index (χ3n) is 4.58. The van der Waals surface area contributed by atoms with Crippen LogP contribution in [0.5, 0.6) is 0 Å². The van der Waals surface area contributed by atoms with Crippen LogP contribution in [-0.4, -0.2) is 58.7 Å². The SMILES string of the molecule is CC(C)NC(C(=O)N1CCCC1B(O)O)C1(C(F)(F)F)CC1. The van der Waals surface area contributed by atoms with Crippen molar-refractivity contribution in [1.29, 1.82) is 0 Å². The van der Waals surface area contributed by atoms with Crippen LogP contribution < -0.4 is 5.32 Å². The summed E-state index contributed by atoms with van der Waals surface area (Å²) in [5.41, 5.74) is -2.03. The first kappa shape index (κ1) is 17.6. The molecule has 5 nitrogen and oxygen atoms in total. The Balaban J connectivity index is 2.25. The second kappa shape index (κ2) is 6.01. The number of hydrogen-bond donors (Lipinski definition) is 3. The third-order valence-corrected chi connectivity index (χ3v) is 4.58. The van der Waals surface area contributed by atoms with Crippen LogP contribution in [0.1, 0.15) is 39.5 Å². The van der Waals surface area contributed by atoms with Crippen LogP contribution in [0.15, 0.2) is 0 Å². The summed E-state index contributed by atoms with van der Waals surface area (Å²) in [6, 6.07) is -1.65. The van der Waals surface area contributed by atoms with Gasteiger partial charge in [0, 0.05) is 12.6 Å². The van der Waals surface area contributed by atoms with Crippen LogP contribution in [-0.2, 0) is 4.79 Å². The number of hydrogen-bond acceptors (Lipinski definition) is 4. The molecule has 2 aliphatic rings. The van der Waals surface area contributed by atoms with Crippen LogP contribution in [0, 0.1) is 5.41 Å². The average molecular weight is 322 g/mol. The summed E-state index contributed by atoms with van der Waals surface area (Å²) in [6.45, 7) is 3.63. The Morgan fingerprint density at radius 2 is 1.95 bits per heavy atom. The van der Waals surface area contributed by atoms with Crippen LogP contribution >= 0.6 is 0 Å². The molecule has 1 saturated carbocycles. The minimum absolute atomic E-state index is 0.0766. The number of carbonyl (C=O) groups excluding carboxylic acids is 1. The maximum atomic E-state index is 13.4. The lowest BCUT2D eigenvalue weighted by Gasteiger charge is -2.35. The van der Waals surface area contributed by atoms with E-state index in [1.807, 2.05) is 0 Å². The second-order valence-corrected chi connectivity index (χ2v) is 6.56. The van der Waals surface area contributed by atoms with Gasteiger partial charge >= 0.3 is 13.3 Å². The highest BCUT2D eigenvalue weighted by molar-refractivity contribution is 6.43. The summed E-state index contributed by atoms with van der Waals surface area (Å²) in [6.07, 6.45) is -3.67. The summed E-state index contributed by atoms with van der Waals surface area (Å²) >= 11 is 0. The summed E-state index contributed by atoms with van der Waals surface area (Å²) in [7, 11) is -1.73. The smallest absolute Gasteiger partial charge is 0.426 e. The molecule has 126 valence electrons. The lowest BCUT2D eigenvalue weighted by atomic mass is 9.77. The fraction of sp³-hybridized carbons (Fsp3) is 0.923. The molecule has 0 aromatic heterocycles. The molecule has 1 amide bonds. The number of nitrogens with zero attached hydrogens (tertiary/aromatic N) is 1. The zero-order chi connectivity index (χ0) is 16.7. The average Bonchev–Trinajstić information content (AvgIpc) is 3.05. The molecular formula is C13H22BF3N2O3. The highest BCUT2D eigenvalue weighted by Crippen LogP contribution is 2.60. The van der Waals surface area contributed by atoms with E-state index >= 15 is 0 Å². The molecule has 1 saturated heterocycles. The van der Waals surface area contributed by atoms with Gasteiger partial charge in [-0.3, -0.25) is 4.79 Å². The Labute approximate surface area is 128 Å². The first-order valence-electron chi connectivity index (χ1n) is 7.59. The van der Waals surface area contributed by atoms with Gasteiger partial charge in [-0.15, -0.1) is 0 Å². The maximum Gasteiger partial charge on any atom is 0.475 e. The zero-order valence-corrected chi connectivity index (χ0v) is 12.7. The van der Waals surface area contributed by atoms with Gasteiger partial charge < -0.3 is 20.3 Å². The fourth-order valence-electron chi connectivity index (χ4n) is 3.21. The molecule has 0 radical (unpaired) electrons. The van der Waals surface area contributed by atoms with Crippen molar-refractivity contribution in [3.8, 4) is 0 Å². The molecule has 0 aromatic rings. The van der Waals surface area contributed by atoms with Gasteiger partial charge in [-0.1, -0.05) is 13.8 Å². The molecule has 2 rings (SSSR count). The number of nitrogens with one attached hydrogen (secondary N) is 1. The molecule has 2 unspecified atom stereocenters. The van der Waals surface area contributed by atoms with E-state index in [1.165, 1.54) is 4.90 Å². The molecule has 0 bridgehead atoms. The first-order valence-corrected chi connectivity index (χ1v) is 7.59. The number of amides is 1. The van der Waals surface area contributed by atoms with Crippen molar-refractivity contribution < 1.29 is 28.0 Å². The van der Waals surface area contributed by atoms with E-state index in [4.69, 9.17) is 0 Å². The monoisotopic (exact) mass is 322 g/mol. The number of rotatable bonds is 5. The highest BCUT2D eigenvalue weighted by Gasteiger charge is 2.69. The fourth-order valence-corrected chi connectivity index (χ4v) is 3.21. The van der Waals surface area contributed by atoms with E-state index in [0.29, 0.717) is 12.8 Å². The molecule has 3 N–H and O–H groups in total. The first-order chi connectivity index (χ1) is 10.1. The normalized spacial score (nSPS) is 25.5. The van der Waals surface area contributed by atoms with Crippen LogP contribution in [0.3, 0.4) is 0 Å². The highest BCUT2D eigenvalue weighted by atomic mass is 19.4. The predicted octanol–water partition coefficient (Wildman–Crippen LogP) is 0.698. The third kappa shape index (κ3) is 3.11. The van der Waals surface area contributed by atoms with E-state index in [2.05, 4.69) is 5.32 Å². The van der Waals surface area contributed by atoms with Crippen molar-refractivity contribution >= 4 is 13.0 Å². The number of likely N-dealkylation sites (tertiary alicyclic amines) is 1. The van der Waals surface area contributed by atoms with Crippen LogP contribution in [0.25, 0.3) is 0 Å². The van der Waals surface area contributed by atoms with Crippen molar-refractivity contribution in [3.05, 3.63) is 0 Å². The lowest BCUT2D eigenvalue weighted by molar-refractivity contribution is -0.200. The van der Waals surface area contributed by atoms with Gasteiger partial charge in [-0.05, 0) is 25.7 Å². The molecular weight excluding hydrogens is 300 g/mol. The Morgan fingerprint density at radius 3 is 2.36 bits per heavy atom. The van der Waals surface area contributed by atoms with Crippen LogP contribution in [0.4, 0.5) is 13.2 Å². The number of carbonyl (C=O) groups is 1. The van der Waals surface area contributed by atoms with Gasteiger partial charge in [0.15, 0.2) is 0 Å². The second-order valence-electron chi connectivity index (χ2n) is 6.56. The molecule has 2 fully saturated rings. The Hall–Kier alpha value is -0.795. The molecule has 1 aliphatic heterocycles. The van der Waals surface area contributed by atoms with E-state index < -0.39 is 36.6 Å². The molecule has 1 heterocycles. The predicted molar refractivity (Wildman–Crippen MR) is 74.7 cm³/mol. The van der Waals surface area contributed by atoms with E-state index in [9.17, 15) is 28.0 Å². The Bertz CT molecular complexity index is 427. The summed E-state index contributed by atoms with van der Waals surface area (Å²) in [4.78, 5) is 13.9. The Kier molecular flexibility index (Phi) is 4.80. The molecule has 0 spiro atoms. The Morgan fingerprint density at radius 1 is 1.36 bits per heavy atom. The van der Waals surface area contributed by atoms with E-state index in [-0.39, 0.29) is 25.4 Å². The van der Waals surface area contributed by atoms with Gasteiger partial charge in [0.25, 0.3) is 0 Å². The van der Waals surface area contributed by atoms with Gasteiger partial charge in [0.2, 0.25) is 5.91 Å². The quantitative estimate of drug-likeness (QED) is 0.652. The summed E-state index contributed by atoms with van der Waals surface area (Å²) in [5, 5.41) is 21.4. The number of alkyl halides is 3. The van der Waals surface area contributed by atoms with E-state index in [0.717, 1.165) is 0 Å². The number of halogens is 3. The minimum Gasteiger partial charge on any atom is -0.426 e. The van der Waals surface area contributed by atoms with Crippen molar-refractivity contribution in [2.75, 3.05) is 6.54 Å². The zero-order valence-electron chi connectivity index (χ0n) is 12.7. The minimum atomic E-state index is -4.46. The lowest BCUT2D eigenvalue weighted by Crippen LogP contribution is -2.59. The van der Waals surface area contributed by atoms with Crippen molar-refractivity contribution in [3.63, 3.8) is 0 Å². The van der Waals surface area contributed by atoms with Gasteiger partial charge in [-0.2, -0.15) is 13.2 Å². The molecule has 0 aromatic carbocycles. The maximum absolute atomic E-state index is 13.4. The van der Waals surface area contributed by atoms with Gasteiger partial charge in [0.05, 0.1) is 11.4 Å². The molecule has 1 aliphatic carbocycles. The standard InChI is InChI=1S/C13H22BF3N2O3/c1-8(2)18-10(12(5-6-12)13(15,16)17)11(20)19-7-3-4-9(19)14(21)22/h8-10,18,21-22H,3-7H2,1-2H3. The van der Waals surface area contributed by atoms with Crippen molar-refractivity contribution in [2.24, 2.45) is 5.41 Å². The van der Waals surface area contributed by atoms with Gasteiger partial charge in [-0.25, -0.2) is 0 Å². The summed E-state index contributed by atoms with van der Waals surface area (Å²) in [5.74, 6) is -1.51. The van der Waals surface area contributed by atoms with Crippen LogP contribution in [0.2, 0.25) is 0 Å². The summed E-state index contributed by atoms with van der Waals surface area (Å²) < 4.78 is 40.2. The molecule has 22 heavy (non-hydrogen) atoms. The van der Waals surface area contributed by atoms with Crippen molar-refractivity contribution in [1.82, 2.24) is 10.2 Å².